The lowest BCUT2D eigenvalue weighted by Crippen LogP contribution is -2.29. The molecule has 0 spiro atoms. The van der Waals surface area contributed by atoms with Crippen LogP contribution < -0.4 is 11.1 Å². The van der Waals surface area contributed by atoms with E-state index >= 15 is 0 Å². The lowest BCUT2D eigenvalue weighted by molar-refractivity contribution is -0.137. The number of amides is 1. The first kappa shape index (κ1) is 14.6. The largest absolute Gasteiger partial charge is 0.481 e. The third-order valence-electron chi connectivity index (χ3n) is 2.28. The molecule has 1 aromatic heterocycles. The van der Waals surface area contributed by atoms with Crippen molar-refractivity contribution in [2.75, 3.05) is 13.1 Å². The Bertz CT molecular complexity index is 419. The Morgan fingerprint density at radius 3 is 2.94 bits per heavy atom. The SMILES string of the molecule is CC(CNC(=O)c1csc(CCN)n1)CC(=O)O. The van der Waals surface area contributed by atoms with Crippen LogP contribution in [0, 0.1) is 5.92 Å². The van der Waals surface area contributed by atoms with Crippen LogP contribution in [0.5, 0.6) is 0 Å². The molecule has 6 nitrogen and oxygen atoms in total. The van der Waals surface area contributed by atoms with E-state index in [-0.39, 0.29) is 18.2 Å². The molecule has 100 valence electrons. The van der Waals surface area contributed by atoms with Crippen LogP contribution in [0.25, 0.3) is 0 Å². The van der Waals surface area contributed by atoms with Gasteiger partial charge >= 0.3 is 5.97 Å². The van der Waals surface area contributed by atoms with Crippen LogP contribution in [0.15, 0.2) is 5.38 Å². The first-order valence-electron chi connectivity index (χ1n) is 5.67. The molecule has 1 unspecified atom stereocenters. The van der Waals surface area contributed by atoms with E-state index in [1.807, 2.05) is 0 Å². The first-order chi connectivity index (χ1) is 8.52. The number of hydrogen-bond acceptors (Lipinski definition) is 5. The number of thiazole rings is 1. The number of nitrogens with zero attached hydrogens (tertiary/aromatic N) is 1. The van der Waals surface area contributed by atoms with Crippen molar-refractivity contribution in [2.24, 2.45) is 11.7 Å². The van der Waals surface area contributed by atoms with Crippen LogP contribution in [0.1, 0.15) is 28.8 Å². The minimum Gasteiger partial charge on any atom is -0.481 e. The third-order valence-corrected chi connectivity index (χ3v) is 3.19. The molecular weight excluding hydrogens is 254 g/mol. The Morgan fingerprint density at radius 1 is 1.61 bits per heavy atom. The summed E-state index contributed by atoms with van der Waals surface area (Å²) >= 11 is 1.40. The summed E-state index contributed by atoms with van der Waals surface area (Å²) in [6.07, 6.45) is 0.698. The number of carbonyl (C=O) groups is 2. The van der Waals surface area contributed by atoms with E-state index in [0.29, 0.717) is 25.2 Å². The van der Waals surface area contributed by atoms with E-state index in [9.17, 15) is 9.59 Å². The average molecular weight is 271 g/mol. The average Bonchev–Trinajstić information content (AvgIpc) is 2.74. The zero-order valence-corrected chi connectivity index (χ0v) is 11.0. The van der Waals surface area contributed by atoms with Crippen LogP contribution in [-0.2, 0) is 11.2 Å². The zero-order chi connectivity index (χ0) is 13.5. The number of carboxylic acids is 1. The van der Waals surface area contributed by atoms with Crippen molar-refractivity contribution < 1.29 is 14.7 Å². The van der Waals surface area contributed by atoms with Crippen LogP contribution >= 0.6 is 11.3 Å². The standard InChI is InChI=1S/C11H17N3O3S/c1-7(4-10(15)16)5-13-11(17)8-6-18-9(14-8)2-3-12/h6-7H,2-5,12H2,1H3,(H,13,17)(H,15,16). The Balaban J connectivity index is 2.42. The highest BCUT2D eigenvalue weighted by molar-refractivity contribution is 7.09. The van der Waals surface area contributed by atoms with Crippen molar-refractivity contribution in [3.05, 3.63) is 16.1 Å². The van der Waals surface area contributed by atoms with Gasteiger partial charge in [0.25, 0.3) is 5.91 Å². The maximum atomic E-state index is 11.7. The highest BCUT2D eigenvalue weighted by atomic mass is 32.1. The topological polar surface area (TPSA) is 105 Å². The second-order valence-corrected chi connectivity index (χ2v) is 5.02. The monoisotopic (exact) mass is 271 g/mol. The quantitative estimate of drug-likeness (QED) is 0.669. The highest BCUT2D eigenvalue weighted by Gasteiger charge is 2.13. The summed E-state index contributed by atoms with van der Waals surface area (Å²) in [6.45, 7) is 2.61. The predicted molar refractivity (Wildman–Crippen MR) is 68.6 cm³/mol. The maximum absolute atomic E-state index is 11.7. The molecular formula is C11H17N3O3S. The number of rotatable bonds is 7. The normalized spacial score (nSPS) is 12.1. The third kappa shape index (κ3) is 4.80. The molecule has 0 aromatic carbocycles. The lowest BCUT2D eigenvalue weighted by atomic mass is 10.1. The van der Waals surface area contributed by atoms with E-state index in [1.165, 1.54) is 11.3 Å². The van der Waals surface area contributed by atoms with Gasteiger partial charge in [0.1, 0.15) is 5.69 Å². The summed E-state index contributed by atoms with van der Waals surface area (Å²) in [6, 6.07) is 0. The summed E-state index contributed by atoms with van der Waals surface area (Å²) in [5, 5.41) is 13.8. The molecule has 0 aliphatic rings. The lowest BCUT2D eigenvalue weighted by Gasteiger charge is -2.08. The van der Waals surface area contributed by atoms with Gasteiger partial charge in [-0.25, -0.2) is 4.98 Å². The second-order valence-electron chi connectivity index (χ2n) is 4.08. The fourth-order valence-corrected chi connectivity index (χ4v) is 2.18. The molecule has 0 bridgehead atoms. The molecule has 0 saturated carbocycles. The van der Waals surface area contributed by atoms with Gasteiger partial charge in [-0.2, -0.15) is 0 Å². The summed E-state index contributed by atoms with van der Waals surface area (Å²) in [7, 11) is 0. The fourth-order valence-electron chi connectivity index (χ4n) is 1.38. The number of hydrogen-bond donors (Lipinski definition) is 3. The Morgan fingerprint density at radius 2 is 2.33 bits per heavy atom. The van der Waals surface area contributed by atoms with E-state index in [4.69, 9.17) is 10.8 Å². The predicted octanol–water partition coefficient (Wildman–Crippen LogP) is 0.485. The summed E-state index contributed by atoms with van der Waals surface area (Å²) in [5.41, 5.74) is 5.77. The van der Waals surface area contributed by atoms with Crippen LogP contribution in [-0.4, -0.2) is 35.1 Å². The van der Waals surface area contributed by atoms with Crippen LogP contribution in [0.4, 0.5) is 0 Å². The van der Waals surface area contributed by atoms with E-state index in [0.717, 1.165) is 5.01 Å². The summed E-state index contributed by atoms with van der Waals surface area (Å²) in [4.78, 5) is 26.3. The van der Waals surface area contributed by atoms with Crippen molar-refractivity contribution in [3.63, 3.8) is 0 Å². The molecule has 0 saturated heterocycles. The number of aliphatic carboxylic acids is 1. The molecule has 0 aliphatic carbocycles. The van der Waals surface area contributed by atoms with Crippen molar-refractivity contribution in [3.8, 4) is 0 Å². The van der Waals surface area contributed by atoms with E-state index in [2.05, 4.69) is 10.3 Å². The minimum absolute atomic E-state index is 0.0375. The van der Waals surface area contributed by atoms with Gasteiger partial charge in [0, 0.05) is 24.8 Å². The van der Waals surface area contributed by atoms with Gasteiger partial charge in [0.2, 0.25) is 0 Å². The molecule has 18 heavy (non-hydrogen) atoms. The molecule has 1 rings (SSSR count). The van der Waals surface area contributed by atoms with Gasteiger partial charge in [-0.1, -0.05) is 6.92 Å². The summed E-state index contributed by atoms with van der Waals surface area (Å²) < 4.78 is 0. The fraction of sp³-hybridized carbons (Fsp3) is 0.545. The van der Waals surface area contributed by atoms with Crippen LogP contribution in [0.3, 0.4) is 0 Å². The van der Waals surface area contributed by atoms with E-state index in [1.54, 1.807) is 12.3 Å². The number of carbonyl (C=O) groups excluding carboxylic acids is 1. The number of nitrogens with two attached hydrogens (primary N) is 1. The number of aromatic nitrogens is 1. The molecule has 0 radical (unpaired) electrons. The molecule has 7 heteroatoms. The molecule has 4 N–H and O–H groups in total. The van der Waals surface area contributed by atoms with E-state index < -0.39 is 5.97 Å². The smallest absolute Gasteiger partial charge is 0.303 e. The number of nitrogens with one attached hydrogen (secondary N) is 1. The molecule has 1 atom stereocenters. The van der Waals surface area contributed by atoms with Gasteiger partial charge in [0.05, 0.1) is 5.01 Å². The highest BCUT2D eigenvalue weighted by Crippen LogP contribution is 2.10. The van der Waals surface area contributed by atoms with Gasteiger partial charge in [-0.3, -0.25) is 9.59 Å². The van der Waals surface area contributed by atoms with Gasteiger partial charge < -0.3 is 16.2 Å². The molecule has 0 fully saturated rings. The van der Waals surface area contributed by atoms with Gasteiger partial charge in [0.15, 0.2) is 0 Å². The van der Waals surface area contributed by atoms with Crippen molar-refractivity contribution in [1.29, 1.82) is 0 Å². The van der Waals surface area contributed by atoms with Crippen molar-refractivity contribution >= 4 is 23.2 Å². The minimum atomic E-state index is -0.865. The second kappa shape index (κ2) is 7.07. The summed E-state index contributed by atoms with van der Waals surface area (Å²) in [5.74, 6) is -1.24. The molecule has 1 heterocycles. The first-order valence-corrected chi connectivity index (χ1v) is 6.55. The molecule has 0 aliphatic heterocycles. The molecule has 1 aromatic rings. The van der Waals surface area contributed by atoms with Crippen molar-refractivity contribution in [1.82, 2.24) is 10.3 Å². The zero-order valence-electron chi connectivity index (χ0n) is 10.2. The Labute approximate surface area is 109 Å². The Hall–Kier alpha value is -1.47. The Kier molecular flexibility index (Phi) is 5.73. The van der Waals surface area contributed by atoms with Gasteiger partial charge in [-0.05, 0) is 12.5 Å². The maximum Gasteiger partial charge on any atom is 0.303 e. The van der Waals surface area contributed by atoms with Gasteiger partial charge in [-0.15, -0.1) is 11.3 Å². The van der Waals surface area contributed by atoms with Crippen LogP contribution in [0.2, 0.25) is 0 Å². The van der Waals surface area contributed by atoms with Crippen molar-refractivity contribution in [2.45, 2.75) is 19.8 Å². The number of carboxylic acid groups (broad SMARTS) is 1. The molecule has 1 amide bonds.